The summed E-state index contributed by atoms with van der Waals surface area (Å²) in [6, 6.07) is 8.46. The molecule has 0 fully saturated rings. The summed E-state index contributed by atoms with van der Waals surface area (Å²) >= 11 is 1.78. The summed E-state index contributed by atoms with van der Waals surface area (Å²) in [5.41, 5.74) is 6.19. The van der Waals surface area contributed by atoms with Crippen molar-refractivity contribution >= 4 is 11.3 Å². The van der Waals surface area contributed by atoms with Crippen LogP contribution >= 0.6 is 11.3 Å². The van der Waals surface area contributed by atoms with Crippen LogP contribution in [-0.4, -0.2) is 17.5 Å². The van der Waals surface area contributed by atoms with Gasteiger partial charge in [0, 0.05) is 17.5 Å². The van der Waals surface area contributed by atoms with Gasteiger partial charge >= 0.3 is 0 Å². The Morgan fingerprint density at radius 3 is 2.63 bits per heavy atom. The number of aryl methyl sites for hydroxylation is 1. The van der Waals surface area contributed by atoms with Gasteiger partial charge in [0.15, 0.2) is 0 Å². The standard InChI is InChI=1S/C15H22N2OS/c1-4-17(10-13-6-5-9-19-13)15(12(3)16)14-8-7-11(2)18-14/h5-9,12,15H,4,10,16H2,1-3H3. The molecule has 2 unspecified atom stereocenters. The van der Waals surface area contributed by atoms with Gasteiger partial charge in [-0.15, -0.1) is 11.3 Å². The number of furan rings is 1. The molecule has 0 bridgehead atoms. The van der Waals surface area contributed by atoms with E-state index in [4.69, 9.17) is 10.2 Å². The Morgan fingerprint density at radius 1 is 1.37 bits per heavy atom. The Labute approximate surface area is 119 Å². The molecular formula is C15H22N2OS. The Morgan fingerprint density at radius 2 is 2.16 bits per heavy atom. The summed E-state index contributed by atoms with van der Waals surface area (Å²) in [7, 11) is 0. The van der Waals surface area contributed by atoms with Crippen LogP contribution in [0.4, 0.5) is 0 Å². The van der Waals surface area contributed by atoms with Gasteiger partial charge in [-0.3, -0.25) is 4.90 Å². The van der Waals surface area contributed by atoms with E-state index in [1.54, 1.807) is 11.3 Å². The maximum absolute atomic E-state index is 6.19. The van der Waals surface area contributed by atoms with Crippen LogP contribution in [0.2, 0.25) is 0 Å². The predicted molar refractivity (Wildman–Crippen MR) is 80.2 cm³/mol. The second kappa shape index (κ2) is 6.37. The molecule has 0 aliphatic heterocycles. The van der Waals surface area contributed by atoms with Crippen molar-refractivity contribution in [1.29, 1.82) is 0 Å². The zero-order chi connectivity index (χ0) is 13.8. The molecule has 0 amide bonds. The van der Waals surface area contributed by atoms with Crippen LogP contribution in [0.5, 0.6) is 0 Å². The van der Waals surface area contributed by atoms with Crippen LogP contribution in [0, 0.1) is 6.92 Å². The van der Waals surface area contributed by atoms with E-state index in [-0.39, 0.29) is 12.1 Å². The molecule has 0 radical (unpaired) electrons. The van der Waals surface area contributed by atoms with Crippen molar-refractivity contribution in [2.45, 2.75) is 39.4 Å². The van der Waals surface area contributed by atoms with Gasteiger partial charge < -0.3 is 10.2 Å². The van der Waals surface area contributed by atoms with Crippen LogP contribution in [0.15, 0.2) is 34.1 Å². The van der Waals surface area contributed by atoms with Gasteiger partial charge in [-0.2, -0.15) is 0 Å². The highest BCUT2D eigenvalue weighted by molar-refractivity contribution is 7.09. The third-order valence-electron chi connectivity index (χ3n) is 3.29. The van der Waals surface area contributed by atoms with Crippen molar-refractivity contribution in [2.75, 3.05) is 6.54 Å². The van der Waals surface area contributed by atoms with Crippen LogP contribution in [0.1, 0.15) is 36.3 Å². The van der Waals surface area contributed by atoms with E-state index in [1.165, 1.54) is 4.88 Å². The van der Waals surface area contributed by atoms with Crippen molar-refractivity contribution in [1.82, 2.24) is 4.90 Å². The molecule has 104 valence electrons. The molecule has 2 N–H and O–H groups in total. The van der Waals surface area contributed by atoms with Crippen molar-refractivity contribution in [3.63, 3.8) is 0 Å². The minimum atomic E-state index is 0.0328. The number of hydrogen-bond acceptors (Lipinski definition) is 4. The molecule has 2 aromatic heterocycles. The molecule has 3 nitrogen and oxygen atoms in total. The first-order chi connectivity index (χ1) is 9.11. The first-order valence-corrected chi connectivity index (χ1v) is 7.58. The minimum absolute atomic E-state index is 0.0328. The average molecular weight is 278 g/mol. The van der Waals surface area contributed by atoms with E-state index in [0.29, 0.717) is 0 Å². The monoisotopic (exact) mass is 278 g/mol. The van der Waals surface area contributed by atoms with Crippen molar-refractivity contribution in [2.24, 2.45) is 5.73 Å². The Balaban J connectivity index is 2.21. The molecule has 2 heterocycles. The van der Waals surface area contributed by atoms with E-state index in [1.807, 2.05) is 26.0 Å². The van der Waals surface area contributed by atoms with Gasteiger partial charge in [0.05, 0.1) is 6.04 Å². The normalized spacial score (nSPS) is 14.8. The van der Waals surface area contributed by atoms with Gasteiger partial charge in [-0.25, -0.2) is 0 Å². The fourth-order valence-electron chi connectivity index (χ4n) is 2.39. The fraction of sp³-hybridized carbons (Fsp3) is 0.467. The minimum Gasteiger partial charge on any atom is -0.465 e. The topological polar surface area (TPSA) is 42.4 Å². The number of nitrogens with two attached hydrogens (primary N) is 1. The molecule has 0 aliphatic carbocycles. The lowest BCUT2D eigenvalue weighted by atomic mass is 10.1. The lowest BCUT2D eigenvalue weighted by Gasteiger charge is -2.31. The number of rotatable bonds is 6. The first-order valence-electron chi connectivity index (χ1n) is 6.70. The molecular weight excluding hydrogens is 256 g/mol. The van der Waals surface area contributed by atoms with Crippen molar-refractivity contribution in [3.05, 3.63) is 46.0 Å². The van der Waals surface area contributed by atoms with Gasteiger partial charge in [-0.1, -0.05) is 13.0 Å². The number of likely N-dealkylation sites (N-methyl/N-ethyl adjacent to an activating group) is 1. The van der Waals surface area contributed by atoms with Crippen LogP contribution < -0.4 is 5.73 Å². The summed E-state index contributed by atoms with van der Waals surface area (Å²) < 4.78 is 5.79. The zero-order valence-electron chi connectivity index (χ0n) is 11.8. The van der Waals surface area contributed by atoms with Crippen molar-refractivity contribution < 1.29 is 4.42 Å². The lowest BCUT2D eigenvalue weighted by molar-refractivity contribution is 0.155. The fourth-order valence-corrected chi connectivity index (χ4v) is 3.12. The van der Waals surface area contributed by atoms with Crippen LogP contribution in [0.3, 0.4) is 0 Å². The number of hydrogen-bond donors (Lipinski definition) is 1. The largest absolute Gasteiger partial charge is 0.465 e. The number of thiophene rings is 1. The van der Waals surface area contributed by atoms with Gasteiger partial charge in [0.2, 0.25) is 0 Å². The molecule has 2 atom stereocenters. The third kappa shape index (κ3) is 3.47. The Kier molecular flexibility index (Phi) is 4.80. The SMILES string of the molecule is CCN(Cc1cccs1)C(c1ccc(C)o1)C(C)N. The summed E-state index contributed by atoms with van der Waals surface area (Å²) in [4.78, 5) is 3.73. The maximum Gasteiger partial charge on any atom is 0.122 e. The number of nitrogens with zero attached hydrogens (tertiary/aromatic N) is 1. The molecule has 19 heavy (non-hydrogen) atoms. The Hall–Kier alpha value is -1.10. The average Bonchev–Trinajstić information content (AvgIpc) is 3.00. The van der Waals surface area contributed by atoms with Gasteiger partial charge in [0.1, 0.15) is 11.5 Å². The lowest BCUT2D eigenvalue weighted by Crippen LogP contribution is -2.38. The van der Waals surface area contributed by atoms with Gasteiger partial charge in [0.25, 0.3) is 0 Å². The molecule has 2 rings (SSSR count). The highest BCUT2D eigenvalue weighted by Gasteiger charge is 2.26. The Bertz CT molecular complexity index is 490. The zero-order valence-corrected chi connectivity index (χ0v) is 12.6. The highest BCUT2D eigenvalue weighted by Crippen LogP contribution is 2.27. The molecule has 4 heteroatoms. The quantitative estimate of drug-likeness (QED) is 0.878. The first kappa shape index (κ1) is 14.3. The smallest absolute Gasteiger partial charge is 0.122 e. The third-order valence-corrected chi connectivity index (χ3v) is 4.15. The second-order valence-corrected chi connectivity index (χ2v) is 5.93. The predicted octanol–water partition coefficient (Wildman–Crippen LogP) is 3.56. The molecule has 0 saturated carbocycles. The molecule has 0 saturated heterocycles. The second-order valence-electron chi connectivity index (χ2n) is 4.89. The van der Waals surface area contributed by atoms with Crippen molar-refractivity contribution in [3.8, 4) is 0 Å². The van der Waals surface area contributed by atoms with E-state index in [2.05, 4.69) is 29.3 Å². The van der Waals surface area contributed by atoms with Crippen LogP contribution in [-0.2, 0) is 6.54 Å². The maximum atomic E-state index is 6.19. The van der Waals surface area contributed by atoms with Gasteiger partial charge in [-0.05, 0) is 44.0 Å². The summed E-state index contributed by atoms with van der Waals surface area (Å²) in [6.45, 7) is 8.04. The molecule has 0 aromatic carbocycles. The van der Waals surface area contributed by atoms with Crippen LogP contribution in [0.25, 0.3) is 0 Å². The van der Waals surface area contributed by atoms with E-state index >= 15 is 0 Å². The summed E-state index contributed by atoms with van der Waals surface area (Å²) in [5, 5.41) is 2.11. The summed E-state index contributed by atoms with van der Waals surface area (Å²) in [5.74, 6) is 1.90. The van der Waals surface area contributed by atoms with E-state index in [0.717, 1.165) is 24.6 Å². The molecule has 2 aromatic rings. The van der Waals surface area contributed by atoms with E-state index in [9.17, 15) is 0 Å². The molecule has 0 aliphatic rings. The highest BCUT2D eigenvalue weighted by atomic mass is 32.1. The van der Waals surface area contributed by atoms with E-state index < -0.39 is 0 Å². The summed E-state index contributed by atoms with van der Waals surface area (Å²) in [6.07, 6.45) is 0. The molecule has 0 spiro atoms.